The molecule has 1 saturated heterocycles. The Morgan fingerprint density at radius 3 is 2.23 bits per heavy atom. The number of nitrogens with zero attached hydrogens (tertiary/aromatic N) is 1. The van der Waals surface area contributed by atoms with Gasteiger partial charge in [0.05, 0.1) is 0 Å². The molecule has 1 nitrogen and oxygen atoms in total. The van der Waals surface area contributed by atoms with E-state index < -0.39 is 0 Å². The second-order valence-electron chi connectivity index (χ2n) is 4.58. The summed E-state index contributed by atoms with van der Waals surface area (Å²) in [4.78, 5) is 2.70. The van der Waals surface area contributed by atoms with E-state index in [0.717, 1.165) is 6.04 Å². The molecule has 0 amide bonds. The summed E-state index contributed by atoms with van der Waals surface area (Å²) in [6, 6.07) is 0.918. The number of piperidine rings is 1. The van der Waals surface area contributed by atoms with Crippen molar-refractivity contribution >= 4 is 0 Å². The molecule has 1 heterocycles. The van der Waals surface area contributed by atoms with Crippen molar-refractivity contribution in [3.05, 3.63) is 12.2 Å². The van der Waals surface area contributed by atoms with Crippen molar-refractivity contribution in [2.24, 2.45) is 0 Å². The summed E-state index contributed by atoms with van der Waals surface area (Å²) < 4.78 is 0. The second kappa shape index (κ2) is 4.28. The molecule has 1 saturated carbocycles. The fourth-order valence-corrected chi connectivity index (χ4v) is 2.65. The molecule has 0 atom stereocenters. The zero-order chi connectivity index (χ0) is 9.10. The molecule has 0 radical (unpaired) electrons. The molecule has 0 bridgehead atoms. The first-order chi connectivity index (χ1) is 6.36. The van der Waals surface area contributed by atoms with Crippen LogP contribution in [0.4, 0.5) is 0 Å². The van der Waals surface area contributed by atoms with Gasteiger partial charge in [-0.1, -0.05) is 31.4 Å². The molecule has 1 aliphatic carbocycles. The standard InChI is InChI=1S/C12H21N/c1-11-7-9-13(10-8-11)12-5-3-2-4-6-12/h12H,1-10H2. The van der Waals surface area contributed by atoms with E-state index in [1.165, 1.54) is 63.6 Å². The lowest BCUT2D eigenvalue weighted by atomic mass is 9.92. The first-order valence-corrected chi connectivity index (χ1v) is 5.77. The van der Waals surface area contributed by atoms with Crippen LogP contribution in [0.1, 0.15) is 44.9 Å². The monoisotopic (exact) mass is 179 g/mol. The minimum Gasteiger partial charge on any atom is -0.300 e. The summed E-state index contributed by atoms with van der Waals surface area (Å²) in [5.41, 5.74) is 1.46. The lowest BCUT2D eigenvalue weighted by Gasteiger charge is -2.37. The first-order valence-electron chi connectivity index (χ1n) is 5.77. The van der Waals surface area contributed by atoms with Gasteiger partial charge in [0.2, 0.25) is 0 Å². The molecular formula is C12H21N. The zero-order valence-electron chi connectivity index (χ0n) is 8.60. The number of hydrogen-bond acceptors (Lipinski definition) is 1. The van der Waals surface area contributed by atoms with Crippen LogP contribution in [-0.4, -0.2) is 24.0 Å². The van der Waals surface area contributed by atoms with E-state index in [1.54, 1.807) is 0 Å². The van der Waals surface area contributed by atoms with Gasteiger partial charge in [0.1, 0.15) is 0 Å². The van der Waals surface area contributed by atoms with Crippen molar-refractivity contribution < 1.29 is 0 Å². The predicted octanol–water partition coefficient (Wildman–Crippen LogP) is 2.97. The van der Waals surface area contributed by atoms with E-state index in [9.17, 15) is 0 Å². The van der Waals surface area contributed by atoms with Crippen LogP contribution in [0.2, 0.25) is 0 Å². The molecule has 74 valence electrons. The molecule has 2 fully saturated rings. The van der Waals surface area contributed by atoms with Gasteiger partial charge in [-0.25, -0.2) is 0 Å². The third-order valence-electron chi connectivity index (χ3n) is 3.60. The lowest BCUT2D eigenvalue weighted by molar-refractivity contribution is 0.146. The highest BCUT2D eigenvalue weighted by Gasteiger charge is 2.22. The Kier molecular flexibility index (Phi) is 3.05. The highest BCUT2D eigenvalue weighted by molar-refractivity contribution is 4.99. The quantitative estimate of drug-likeness (QED) is 0.559. The summed E-state index contributed by atoms with van der Waals surface area (Å²) in [6.07, 6.45) is 9.78. The Labute approximate surface area is 81.8 Å². The Hall–Kier alpha value is -0.300. The van der Waals surface area contributed by atoms with Crippen LogP contribution in [0.3, 0.4) is 0 Å². The maximum Gasteiger partial charge on any atom is 0.00955 e. The normalized spacial score (nSPS) is 27.8. The van der Waals surface area contributed by atoms with E-state index in [-0.39, 0.29) is 0 Å². The average molecular weight is 179 g/mol. The third-order valence-corrected chi connectivity index (χ3v) is 3.60. The summed E-state index contributed by atoms with van der Waals surface area (Å²) in [7, 11) is 0. The van der Waals surface area contributed by atoms with Crippen LogP contribution >= 0.6 is 0 Å². The van der Waals surface area contributed by atoms with E-state index in [0.29, 0.717) is 0 Å². The van der Waals surface area contributed by atoms with Gasteiger partial charge < -0.3 is 0 Å². The largest absolute Gasteiger partial charge is 0.300 e. The van der Waals surface area contributed by atoms with Gasteiger partial charge in [0, 0.05) is 19.1 Å². The van der Waals surface area contributed by atoms with Gasteiger partial charge in [-0.15, -0.1) is 0 Å². The highest BCUT2D eigenvalue weighted by Crippen LogP contribution is 2.26. The summed E-state index contributed by atoms with van der Waals surface area (Å²) in [5, 5.41) is 0. The van der Waals surface area contributed by atoms with Crippen LogP contribution in [0.15, 0.2) is 12.2 Å². The number of hydrogen-bond donors (Lipinski definition) is 0. The fourth-order valence-electron chi connectivity index (χ4n) is 2.65. The van der Waals surface area contributed by atoms with Crippen molar-refractivity contribution in [2.45, 2.75) is 51.0 Å². The fraction of sp³-hybridized carbons (Fsp3) is 0.833. The van der Waals surface area contributed by atoms with Crippen molar-refractivity contribution in [3.8, 4) is 0 Å². The molecule has 2 aliphatic rings. The van der Waals surface area contributed by atoms with E-state index >= 15 is 0 Å². The van der Waals surface area contributed by atoms with Gasteiger partial charge in [-0.3, -0.25) is 4.90 Å². The molecule has 0 unspecified atom stereocenters. The Balaban J connectivity index is 1.82. The smallest absolute Gasteiger partial charge is 0.00955 e. The molecule has 0 aromatic carbocycles. The van der Waals surface area contributed by atoms with Crippen molar-refractivity contribution in [1.29, 1.82) is 0 Å². The van der Waals surface area contributed by atoms with E-state index in [4.69, 9.17) is 0 Å². The maximum absolute atomic E-state index is 4.07. The average Bonchev–Trinajstić information content (AvgIpc) is 2.20. The molecule has 0 N–H and O–H groups in total. The van der Waals surface area contributed by atoms with Crippen molar-refractivity contribution in [3.63, 3.8) is 0 Å². The minimum atomic E-state index is 0.918. The van der Waals surface area contributed by atoms with Crippen molar-refractivity contribution in [2.75, 3.05) is 13.1 Å². The van der Waals surface area contributed by atoms with E-state index in [1.807, 2.05) is 0 Å². The highest BCUT2D eigenvalue weighted by atomic mass is 15.2. The zero-order valence-corrected chi connectivity index (χ0v) is 8.60. The first kappa shape index (κ1) is 9.26. The Bertz CT molecular complexity index is 170. The Morgan fingerprint density at radius 1 is 1.00 bits per heavy atom. The van der Waals surface area contributed by atoms with Gasteiger partial charge in [-0.2, -0.15) is 0 Å². The van der Waals surface area contributed by atoms with Crippen molar-refractivity contribution in [1.82, 2.24) is 4.90 Å². The summed E-state index contributed by atoms with van der Waals surface area (Å²) >= 11 is 0. The molecule has 0 aromatic rings. The van der Waals surface area contributed by atoms with Gasteiger partial charge >= 0.3 is 0 Å². The maximum atomic E-state index is 4.07. The molecule has 1 aliphatic heterocycles. The van der Waals surface area contributed by atoms with Crippen LogP contribution < -0.4 is 0 Å². The Morgan fingerprint density at radius 2 is 1.62 bits per heavy atom. The van der Waals surface area contributed by atoms with Gasteiger partial charge in [-0.05, 0) is 25.7 Å². The molecule has 0 spiro atoms. The molecular weight excluding hydrogens is 158 g/mol. The third kappa shape index (κ3) is 2.34. The minimum absolute atomic E-state index is 0.918. The van der Waals surface area contributed by atoms with Gasteiger partial charge in [0.15, 0.2) is 0 Å². The van der Waals surface area contributed by atoms with Crippen LogP contribution in [0, 0.1) is 0 Å². The second-order valence-corrected chi connectivity index (χ2v) is 4.58. The SMILES string of the molecule is C=C1CCN(C2CCCCC2)CC1. The predicted molar refractivity (Wildman–Crippen MR) is 56.8 cm³/mol. The number of rotatable bonds is 1. The molecule has 0 aromatic heterocycles. The number of likely N-dealkylation sites (tertiary alicyclic amines) is 1. The van der Waals surface area contributed by atoms with Crippen LogP contribution in [0.5, 0.6) is 0 Å². The van der Waals surface area contributed by atoms with E-state index in [2.05, 4.69) is 11.5 Å². The summed E-state index contributed by atoms with van der Waals surface area (Å²) in [6.45, 7) is 6.63. The van der Waals surface area contributed by atoms with Gasteiger partial charge in [0.25, 0.3) is 0 Å². The lowest BCUT2D eigenvalue weighted by Crippen LogP contribution is -2.40. The molecule has 1 heteroatoms. The summed E-state index contributed by atoms with van der Waals surface area (Å²) in [5.74, 6) is 0. The molecule has 13 heavy (non-hydrogen) atoms. The molecule has 2 rings (SSSR count). The topological polar surface area (TPSA) is 3.24 Å². The van der Waals surface area contributed by atoms with Crippen LogP contribution in [0.25, 0.3) is 0 Å². The van der Waals surface area contributed by atoms with Crippen LogP contribution in [-0.2, 0) is 0 Å².